The van der Waals surface area contributed by atoms with Gasteiger partial charge < -0.3 is 20.5 Å². The fourth-order valence-electron chi connectivity index (χ4n) is 4.85. The maximum atomic E-state index is 13.7. The Balaban J connectivity index is 1.46. The van der Waals surface area contributed by atoms with Crippen LogP contribution in [-0.4, -0.2) is 44.3 Å². The molecule has 0 aliphatic carbocycles. The van der Waals surface area contributed by atoms with Gasteiger partial charge in [-0.25, -0.2) is 19.7 Å². The summed E-state index contributed by atoms with van der Waals surface area (Å²) in [5, 5.41) is 20.2. The van der Waals surface area contributed by atoms with Gasteiger partial charge >= 0.3 is 6.09 Å². The van der Waals surface area contributed by atoms with Crippen molar-refractivity contribution < 1.29 is 19.4 Å². The molecule has 0 unspecified atom stereocenters. The summed E-state index contributed by atoms with van der Waals surface area (Å²) in [4.78, 5) is 41.2. The van der Waals surface area contributed by atoms with Crippen molar-refractivity contribution in [1.29, 1.82) is 0 Å². The van der Waals surface area contributed by atoms with Gasteiger partial charge in [0.05, 0.1) is 23.2 Å². The van der Waals surface area contributed by atoms with Crippen molar-refractivity contribution in [3.05, 3.63) is 108 Å². The standard InChI is InChI=1S/C37H40N6O4S/c1-23(2)29-18-17-28-32(41-29)38-22-39-33(28)42-30-20-24(34(45)43-37(6,21-44)25-10-8-7-9-11-25)12-19-31(30)48-27-15-13-26(14-16-27)40-35(46)47-36(3,4)5/h7-20,22-23,44H,21H2,1-6H3,(H,40,46)(H,43,45)(H,38,39,41,42)/t37-/m1/s1. The van der Waals surface area contributed by atoms with Gasteiger partial charge in [-0.1, -0.05) is 55.9 Å². The van der Waals surface area contributed by atoms with Crippen LogP contribution in [0, 0.1) is 0 Å². The lowest BCUT2D eigenvalue weighted by molar-refractivity contribution is 0.0635. The summed E-state index contributed by atoms with van der Waals surface area (Å²) in [5.74, 6) is 0.442. The molecule has 2 heterocycles. The highest BCUT2D eigenvalue weighted by molar-refractivity contribution is 7.99. The van der Waals surface area contributed by atoms with E-state index in [1.54, 1.807) is 31.2 Å². The molecule has 0 spiro atoms. The Morgan fingerprint density at radius 2 is 1.65 bits per heavy atom. The highest BCUT2D eigenvalue weighted by Crippen LogP contribution is 2.37. The number of nitrogens with zero attached hydrogens (tertiary/aromatic N) is 3. The van der Waals surface area contributed by atoms with E-state index in [1.165, 1.54) is 18.1 Å². The minimum Gasteiger partial charge on any atom is -0.444 e. The number of rotatable bonds is 10. The third kappa shape index (κ3) is 8.47. The zero-order valence-electron chi connectivity index (χ0n) is 27.9. The first-order chi connectivity index (χ1) is 22.8. The Morgan fingerprint density at radius 1 is 0.917 bits per heavy atom. The van der Waals surface area contributed by atoms with Crippen LogP contribution in [0.1, 0.15) is 69.1 Å². The average Bonchev–Trinajstić information content (AvgIpc) is 3.05. The highest BCUT2D eigenvalue weighted by Gasteiger charge is 2.28. The molecule has 3 aromatic carbocycles. The Bertz CT molecular complexity index is 1910. The van der Waals surface area contributed by atoms with E-state index in [0.717, 1.165) is 26.4 Å². The summed E-state index contributed by atoms with van der Waals surface area (Å²) in [7, 11) is 0. The van der Waals surface area contributed by atoms with Crippen molar-refractivity contribution in [2.24, 2.45) is 0 Å². The lowest BCUT2D eigenvalue weighted by Crippen LogP contribution is -2.46. The van der Waals surface area contributed by atoms with Crippen molar-refractivity contribution in [2.75, 3.05) is 17.2 Å². The zero-order chi connectivity index (χ0) is 34.5. The molecule has 10 nitrogen and oxygen atoms in total. The van der Waals surface area contributed by atoms with Crippen LogP contribution in [-0.2, 0) is 10.3 Å². The number of ether oxygens (including phenoxy) is 1. The molecule has 2 amide bonds. The number of nitrogens with one attached hydrogen (secondary N) is 3. The van der Waals surface area contributed by atoms with E-state index in [2.05, 4.69) is 39.8 Å². The van der Waals surface area contributed by atoms with Crippen LogP contribution < -0.4 is 16.0 Å². The molecule has 0 fully saturated rings. The molecule has 4 N–H and O–H groups in total. The predicted molar refractivity (Wildman–Crippen MR) is 190 cm³/mol. The topological polar surface area (TPSA) is 138 Å². The first kappa shape index (κ1) is 34.3. The monoisotopic (exact) mass is 664 g/mol. The van der Waals surface area contributed by atoms with Gasteiger partial charge in [-0.15, -0.1) is 0 Å². The summed E-state index contributed by atoms with van der Waals surface area (Å²) in [6.07, 6.45) is 0.938. The Morgan fingerprint density at radius 3 is 2.31 bits per heavy atom. The van der Waals surface area contributed by atoms with Gasteiger partial charge in [0.15, 0.2) is 5.65 Å². The number of benzene rings is 3. The molecule has 0 aliphatic heterocycles. The summed E-state index contributed by atoms with van der Waals surface area (Å²) in [5.41, 5.74) is 2.33. The molecule has 0 saturated carbocycles. The van der Waals surface area contributed by atoms with E-state index in [0.29, 0.717) is 28.4 Å². The number of aromatic nitrogens is 3. The fourth-order valence-corrected chi connectivity index (χ4v) is 5.73. The highest BCUT2D eigenvalue weighted by atomic mass is 32.2. The minimum absolute atomic E-state index is 0.241. The van der Waals surface area contributed by atoms with Crippen molar-refractivity contribution in [1.82, 2.24) is 20.3 Å². The smallest absolute Gasteiger partial charge is 0.412 e. The Kier molecular flexibility index (Phi) is 10.3. The van der Waals surface area contributed by atoms with Crippen LogP contribution in [0.25, 0.3) is 11.0 Å². The second-order valence-electron chi connectivity index (χ2n) is 12.9. The number of pyridine rings is 1. The summed E-state index contributed by atoms with van der Waals surface area (Å²) >= 11 is 1.48. The van der Waals surface area contributed by atoms with E-state index in [9.17, 15) is 14.7 Å². The number of aliphatic hydroxyl groups is 1. The maximum absolute atomic E-state index is 13.7. The molecular formula is C37H40N6O4S. The van der Waals surface area contributed by atoms with Crippen molar-refractivity contribution >= 4 is 52.0 Å². The second kappa shape index (κ2) is 14.4. The summed E-state index contributed by atoms with van der Waals surface area (Å²) in [6, 6.07) is 26.1. The number of hydrogen-bond acceptors (Lipinski definition) is 9. The van der Waals surface area contributed by atoms with Gasteiger partial charge in [0, 0.05) is 26.7 Å². The van der Waals surface area contributed by atoms with Gasteiger partial charge in [-0.2, -0.15) is 0 Å². The molecule has 48 heavy (non-hydrogen) atoms. The summed E-state index contributed by atoms with van der Waals surface area (Å²) in [6.45, 7) is 11.1. The first-order valence-corrected chi connectivity index (χ1v) is 16.4. The number of anilines is 3. The van der Waals surface area contributed by atoms with Gasteiger partial charge in [-0.3, -0.25) is 10.1 Å². The third-order valence-corrected chi connectivity index (χ3v) is 8.53. The predicted octanol–water partition coefficient (Wildman–Crippen LogP) is 8.03. The van der Waals surface area contributed by atoms with E-state index in [4.69, 9.17) is 9.72 Å². The number of carbonyl (C=O) groups excluding carboxylic acids is 2. The number of carbonyl (C=O) groups is 2. The van der Waals surface area contributed by atoms with E-state index < -0.39 is 17.2 Å². The molecule has 0 aliphatic rings. The molecule has 11 heteroatoms. The van der Waals surface area contributed by atoms with Crippen LogP contribution in [0.5, 0.6) is 0 Å². The third-order valence-electron chi connectivity index (χ3n) is 7.45. The number of aliphatic hydroxyl groups excluding tert-OH is 1. The molecule has 0 saturated heterocycles. The molecule has 0 bridgehead atoms. The van der Waals surface area contributed by atoms with Crippen molar-refractivity contribution in [2.45, 2.75) is 68.4 Å². The largest absolute Gasteiger partial charge is 0.444 e. The number of hydrogen-bond donors (Lipinski definition) is 4. The van der Waals surface area contributed by atoms with E-state index >= 15 is 0 Å². The lowest BCUT2D eigenvalue weighted by Gasteiger charge is -2.29. The number of fused-ring (bicyclic) bond motifs is 1. The van der Waals surface area contributed by atoms with E-state index in [1.807, 2.05) is 81.4 Å². The second-order valence-corrected chi connectivity index (χ2v) is 14.0. The average molecular weight is 665 g/mol. The molecular weight excluding hydrogens is 625 g/mol. The molecule has 0 radical (unpaired) electrons. The molecule has 2 aromatic heterocycles. The van der Waals surface area contributed by atoms with Crippen LogP contribution in [0.2, 0.25) is 0 Å². The Hall–Kier alpha value is -5.00. The minimum atomic E-state index is -0.989. The van der Waals surface area contributed by atoms with Gasteiger partial charge in [0.2, 0.25) is 0 Å². The van der Waals surface area contributed by atoms with Gasteiger partial charge in [0.1, 0.15) is 17.7 Å². The zero-order valence-corrected chi connectivity index (χ0v) is 28.7. The van der Waals surface area contributed by atoms with Gasteiger partial charge in [0.25, 0.3) is 5.91 Å². The SMILES string of the molecule is CC(C)c1ccc2c(Nc3cc(C(=O)N[C@](C)(CO)c4ccccc4)ccc3Sc3ccc(NC(=O)OC(C)(C)C)cc3)ncnc2n1. The van der Waals surface area contributed by atoms with Crippen LogP contribution >= 0.6 is 11.8 Å². The molecule has 5 aromatic rings. The van der Waals surface area contributed by atoms with Crippen molar-refractivity contribution in [3.63, 3.8) is 0 Å². The lowest BCUT2D eigenvalue weighted by atomic mass is 9.92. The van der Waals surface area contributed by atoms with E-state index in [-0.39, 0.29) is 18.4 Å². The fraction of sp³-hybridized carbons (Fsp3) is 0.270. The molecule has 1 atom stereocenters. The molecule has 248 valence electrons. The summed E-state index contributed by atoms with van der Waals surface area (Å²) < 4.78 is 5.36. The normalized spacial score (nSPS) is 12.8. The number of amides is 2. The Labute approximate surface area is 284 Å². The molecule has 5 rings (SSSR count). The first-order valence-electron chi connectivity index (χ1n) is 15.6. The maximum Gasteiger partial charge on any atom is 0.412 e. The van der Waals surface area contributed by atoms with Gasteiger partial charge in [-0.05, 0) is 93.8 Å². The van der Waals surface area contributed by atoms with Crippen molar-refractivity contribution in [3.8, 4) is 0 Å². The quantitative estimate of drug-likeness (QED) is 0.117. The van der Waals surface area contributed by atoms with Crippen LogP contribution in [0.3, 0.4) is 0 Å². The van der Waals surface area contributed by atoms with Crippen LogP contribution in [0.4, 0.5) is 22.0 Å². The van der Waals surface area contributed by atoms with Crippen LogP contribution in [0.15, 0.2) is 101 Å².